The molecule has 2 atom stereocenters. The number of sulfone groups is 1. The maximum Gasteiger partial charge on any atom is 0.150 e. The highest BCUT2D eigenvalue weighted by molar-refractivity contribution is 7.91. The van der Waals surface area contributed by atoms with Crippen LogP contribution in [0.1, 0.15) is 17.7 Å². The summed E-state index contributed by atoms with van der Waals surface area (Å²) in [5, 5.41) is 2.04. The zero-order valence-corrected chi connectivity index (χ0v) is 10.8. The van der Waals surface area contributed by atoms with Crippen LogP contribution in [0.3, 0.4) is 0 Å². The monoisotopic (exact) mass is 259 g/mol. The van der Waals surface area contributed by atoms with E-state index in [9.17, 15) is 8.42 Å². The van der Waals surface area contributed by atoms with Crippen LogP contribution in [-0.4, -0.2) is 26.0 Å². The Labute approximate surface area is 101 Å². The smallest absolute Gasteiger partial charge is 0.150 e. The summed E-state index contributed by atoms with van der Waals surface area (Å²) >= 11 is 1.71. The minimum atomic E-state index is -2.76. The second-order valence-electron chi connectivity index (χ2n) is 4.55. The van der Waals surface area contributed by atoms with Crippen molar-refractivity contribution in [1.29, 1.82) is 0 Å². The molecule has 0 bridgehead atoms. The van der Waals surface area contributed by atoms with Crippen molar-refractivity contribution in [3.8, 4) is 0 Å². The van der Waals surface area contributed by atoms with E-state index < -0.39 is 9.84 Å². The number of rotatable bonds is 4. The number of thiophene rings is 1. The van der Waals surface area contributed by atoms with Crippen LogP contribution in [-0.2, 0) is 16.3 Å². The van der Waals surface area contributed by atoms with E-state index in [1.54, 1.807) is 11.3 Å². The summed E-state index contributed by atoms with van der Waals surface area (Å²) in [5.74, 6) is 0.967. The molecule has 0 aromatic carbocycles. The molecule has 90 valence electrons. The SMILES string of the molecule is NC(Cc1cccs1)CC1CCS(=O)(=O)C1. The molecule has 2 unspecified atom stereocenters. The van der Waals surface area contributed by atoms with Crippen LogP contribution in [0.5, 0.6) is 0 Å². The van der Waals surface area contributed by atoms with Crippen molar-refractivity contribution in [3.05, 3.63) is 22.4 Å². The van der Waals surface area contributed by atoms with E-state index in [0.717, 1.165) is 19.3 Å². The summed E-state index contributed by atoms with van der Waals surface area (Å²) in [6, 6.07) is 4.19. The molecule has 0 amide bonds. The molecule has 0 radical (unpaired) electrons. The Hall–Kier alpha value is -0.390. The average molecular weight is 259 g/mol. The van der Waals surface area contributed by atoms with Crippen molar-refractivity contribution < 1.29 is 8.42 Å². The Bertz CT molecular complexity index is 425. The van der Waals surface area contributed by atoms with E-state index in [0.29, 0.717) is 11.5 Å². The molecule has 2 rings (SSSR count). The maximum atomic E-state index is 11.3. The standard InChI is InChI=1S/C11H17NO2S2/c12-10(7-11-2-1-4-15-11)6-9-3-5-16(13,14)8-9/h1-2,4,9-10H,3,5-8,12H2. The molecular weight excluding hydrogens is 242 g/mol. The predicted octanol–water partition coefficient (Wildman–Crippen LogP) is 1.44. The molecule has 0 spiro atoms. The molecule has 1 aliphatic rings. The first kappa shape index (κ1) is 12.1. The number of hydrogen-bond donors (Lipinski definition) is 1. The fourth-order valence-corrected chi connectivity index (χ4v) is 4.94. The molecule has 0 aliphatic carbocycles. The van der Waals surface area contributed by atoms with Crippen LogP contribution in [0.4, 0.5) is 0 Å². The van der Waals surface area contributed by atoms with Gasteiger partial charge in [0.2, 0.25) is 0 Å². The van der Waals surface area contributed by atoms with Gasteiger partial charge in [0.1, 0.15) is 0 Å². The van der Waals surface area contributed by atoms with Gasteiger partial charge in [-0.15, -0.1) is 11.3 Å². The quantitative estimate of drug-likeness (QED) is 0.890. The molecule has 1 aromatic heterocycles. The van der Waals surface area contributed by atoms with Gasteiger partial charge in [0, 0.05) is 10.9 Å². The van der Waals surface area contributed by atoms with E-state index in [1.165, 1.54) is 4.88 Å². The second-order valence-corrected chi connectivity index (χ2v) is 7.81. The lowest BCUT2D eigenvalue weighted by atomic mass is 9.97. The highest BCUT2D eigenvalue weighted by Gasteiger charge is 2.28. The Morgan fingerprint density at radius 2 is 2.38 bits per heavy atom. The molecule has 0 saturated carbocycles. The molecule has 2 heterocycles. The van der Waals surface area contributed by atoms with Crippen molar-refractivity contribution in [3.63, 3.8) is 0 Å². The van der Waals surface area contributed by atoms with Gasteiger partial charge < -0.3 is 5.73 Å². The average Bonchev–Trinajstić information content (AvgIpc) is 2.76. The van der Waals surface area contributed by atoms with Crippen LogP contribution in [0.2, 0.25) is 0 Å². The minimum Gasteiger partial charge on any atom is -0.327 e. The summed E-state index contributed by atoms with van der Waals surface area (Å²) in [6.45, 7) is 0. The van der Waals surface area contributed by atoms with E-state index in [4.69, 9.17) is 5.73 Å². The highest BCUT2D eigenvalue weighted by atomic mass is 32.2. The Kier molecular flexibility index (Phi) is 3.66. The van der Waals surface area contributed by atoms with E-state index in [1.807, 2.05) is 11.4 Å². The largest absolute Gasteiger partial charge is 0.327 e. The maximum absolute atomic E-state index is 11.3. The highest BCUT2D eigenvalue weighted by Crippen LogP contribution is 2.23. The number of nitrogens with two attached hydrogens (primary N) is 1. The van der Waals surface area contributed by atoms with Crippen LogP contribution < -0.4 is 5.73 Å². The molecule has 3 nitrogen and oxygen atoms in total. The van der Waals surface area contributed by atoms with Gasteiger partial charge in [0.15, 0.2) is 9.84 Å². The lowest BCUT2D eigenvalue weighted by Gasteiger charge is -2.14. The van der Waals surface area contributed by atoms with Gasteiger partial charge >= 0.3 is 0 Å². The molecular formula is C11H17NO2S2. The first-order valence-corrected chi connectivity index (χ1v) is 8.24. The van der Waals surface area contributed by atoms with E-state index in [-0.39, 0.29) is 12.0 Å². The second kappa shape index (κ2) is 4.85. The molecule has 1 aromatic rings. The van der Waals surface area contributed by atoms with Gasteiger partial charge in [0.05, 0.1) is 11.5 Å². The molecule has 16 heavy (non-hydrogen) atoms. The zero-order chi connectivity index (χ0) is 11.6. The summed E-state index contributed by atoms with van der Waals surface area (Å²) in [4.78, 5) is 1.29. The van der Waals surface area contributed by atoms with Crippen LogP contribution in [0.25, 0.3) is 0 Å². The van der Waals surface area contributed by atoms with Crippen LogP contribution in [0.15, 0.2) is 17.5 Å². The van der Waals surface area contributed by atoms with Crippen molar-refractivity contribution in [2.75, 3.05) is 11.5 Å². The third-order valence-corrected chi connectivity index (χ3v) is 5.74. The third kappa shape index (κ3) is 3.30. The van der Waals surface area contributed by atoms with Crippen molar-refractivity contribution in [2.45, 2.75) is 25.3 Å². The Balaban J connectivity index is 1.82. The van der Waals surface area contributed by atoms with Crippen LogP contribution >= 0.6 is 11.3 Å². The molecule has 2 N–H and O–H groups in total. The van der Waals surface area contributed by atoms with Crippen LogP contribution in [0, 0.1) is 5.92 Å². The van der Waals surface area contributed by atoms with Crippen molar-refractivity contribution in [1.82, 2.24) is 0 Å². The predicted molar refractivity (Wildman–Crippen MR) is 67.4 cm³/mol. The summed E-state index contributed by atoms with van der Waals surface area (Å²) in [7, 11) is -2.76. The third-order valence-electron chi connectivity index (χ3n) is 3.01. The normalized spacial score (nSPS) is 25.7. The van der Waals surface area contributed by atoms with Crippen molar-refractivity contribution in [2.24, 2.45) is 11.7 Å². The Morgan fingerprint density at radius 1 is 1.56 bits per heavy atom. The zero-order valence-electron chi connectivity index (χ0n) is 9.13. The van der Waals surface area contributed by atoms with Gasteiger partial charge in [-0.1, -0.05) is 6.07 Å². The molecule has 1 aliphatic heterocycles. The lowest BCUT2D eigenvalue weighted by Crippen LogP contribution is -2.26. The number of hydrogen-bond acceptors (Lipinski definition) is 4. The fourth-order valence-electron chi connectivity index (χ4n) is 2.26. The van der Waals surface area contributed by atoms with Crippen molar-refractivity contribution >= 4 is 21.2 Å². The minimum absolute atomic E-state index is 0.0944. The van der Waals surface area contributed by atoms with Gasteiger partial charge in [-0.3, -0.25) is 0 Å². The van der Waals surface area contributed by atoms with Gasteiger partial charge in [-0.2, -0.15) is 0 Å². The van der Waals surface area contributed by atoms with Gasteiger partial charge in [-0.05, 0) is 36.6 Å². The van der Waals surface area contributed by atoms with Gasteiger partial charge in [0.25, 0.3) is 0 Å². The summed E-state index contributed by atoms with van der Waals surface area (Å²) in [5.41, 5.74) is 6.05. The molecule has 1 fully saturated rings. The Morgan fingerprint density at radius 3 is 2.94 bits per heavy atom. The molecule has 5 heteroatoms. The van der Waals surface area contributed by atoms with E-state index >= 15 is 0 Å². The first-order chi connectivity index (χ1) is 7.55. The topological polar surface area (TPSA) is 60.2 Å². The van der Waals surface area contributed by atoms with E-state index in [2.05, 4.69) is 6.07 Å². The van der Waals surface area contributed by atoms with Gasteiger partial charge in [-0.25, -0.2) is 8.42 Å². The lowest BCUT2D eigenvalue weighted by molar-refractivity contribution is 0.470. The first-order valence-electron chi connectivity index (χ1n) is 5.53. The molecule has 1 saturated heterocycles. The fraction of sp³-hybridized carbons (Fsp3) is 0.636. The summed E-state index contributed by atoms with van der Waals surface area (Å²) in [6.07, 6.45) is 2.49. The summed E-state index contributed by atoms with van der Waals surface area (Å²) < 4.78 is 22.6.